The van der Waals surface area contributed by atoms with Crippen LogP contribution in [0.25, 0.3) is 55.3 Å². The Morgan fingerprint density at radius 2 is 0.822 bits per heavy atom. The lowest BCUT2D eigenvalue weighted by Crippen LogP contribution is -3.00. The summed E-state index contributed by atoms with van der Waals surface area (Å²) in [5, 5.41) is 0. The molecular formula is C39H50ClN5. The molecule has 6 heterocycles. The van der Waals surface area contributed by atoms with Crippen LogP contribution in [0.5, 0.6) is 0 Å². The minimum atomic E-state index is 0. The Labute approximate surface area is 273 Å². The molecule has 238 valence electrons. The second kappa shape index (κ2) is 12.6. The van der Waals surface area contributed by atoms with E-state index in [1.807, 2.05) is 0 Å². The lowest BCUT2D eigenvalue weighted by atomic mass is 10.0. The van der Waals surface area contributed by atoms with Crippen molar-refractivity contribution in [3.63, 3.8) is 0 Å². The average molecular weight is 624 g/mol. The van der Waals surface area contributed by atoms with Crippen molar-refractivity contribution >= 4 is 55.3 Å². The van der Waals surface area contributed by atoms with Gasteiger partial charge in [0, 0.05) is 44.2 Å². The van der Waals surface area contributed by atoms with Crippen molar-refractivity contribution in [1.82, 2.24) is 19.9 Å². The first-order chi connectivity index (χ1) is 21.0. The highest BCUT2D eigenvalue weighted by molar-refractivity contribution is 5.97. The third-order valence-corrected chi connectivity index (χ3v) is 10.6. The zero-order valence-electron chi connectivity index (χ0n) is 28.9. The van der Waals surface area contributed by atoms with E-state index >= 15 is 0 Å². The molecule has 0 amide bonds. The van der Waals surface area contributed by atoms with Gasteiger partial charge in [0.2, 0.25) is 11.4 Å². The third kappa shape index (κ3) is 5.43. The lowest BCUT2D eigenvalue weighted by Gasteiger charge is -2.01. The van der Waals surface area contributed by atoms with Crippen molar-refractivity contribution < 1.29 is 17.4 Å². The van der Waals surface area contributed by atoms with Gasteiger partial charge in [-0.1, -0.05) is 26.7 Å². The highest BCUT2D eigenvalue weighted by Crippen LogP contribution is 2.35. The molecule has 6 rings (SSSR count). The molecule has 0 aliphatic carbocycles. The van der Waals surface area contributed by atoms with Crippen molar-refractivity contribution in [2.45, 2.75) is 108 Å². The smallest absolute Gasteiger partial charge is 0.231 e. The van der Waals surface area contributed by atoms with Crippen LogP contribution in [0.3, 0.4) is 0 Å². The molecule has 0 fully saturated rings. The summed E-state index contributed by atoms with van der Waals surface area (Å²) in [4.78, 5) is 19.3. The number of hydrogen-bond donors (Lipinski definition) is 4. The summed E-state index contributed by atoms with van der Waals surface area (Å²) in [5.74, 6) is 0. The Bertz CT molecular complexity index is 1980. The Balaban J connectivity index is 0.00000400. The standard InChI is InChI=1S/C39H49N5.ClH/c1-11-13-15-28-26(9)32-17-30-20(3)22(5)36(42-30)38-24(7)25(8)39(44-38)37-23(6)21(4)31(43-37)18-33-27(10)29(16-14-12-2)35(41-33)19-34(28)40-32;/h17-19,40-43H,11-16H2,1-10H3;1H. The summed E-state index contributed by atoms with van der Waals surface area (Å²) < 4.78 is 0. The minimum absolute atomic E-state index is 0. The van der Waals surface area contributed by atoms with Crippen LogP contribution < -0.4 is 17.4 Å². The maximum Gasteiger partial charge on any atom is 0.231 e. The van der Waals surface area contributed by atoms with Crippen LogP contribution in [-0.4, -0.2) is 19.9 Å². The molecule has 5 aromatic heterocycles. The van der Waals surface area contributed by atoms with Gasteiger partial charge in [-0.05, 0) is 144 Å². The van der Waals surface area contributed by atoms with E-state index in [1.54, 1.807) is 0 Å². The van der Waals surface area contributed by atoms with Crippen LogP contribution in [0.1, 0.15) is 109 Å². The molecule has 5 N–H and O–H groups in total. The third-order valence-electron chi connectivity index (χ3n) is 10.6. The van der Waals surface area contributed by atoms with Crippen LogP contribution in [-0.2, 0) is 12.8 Å². The van der Waals surface area contributed by atoms with Gasteiger partial charge in [0.15, 0.2) is 0 Å². The zero-order valence-corrected chi connectivity index (χ0v) is 29.6. The molecule has 0 spiro atoms. The second-order valence-corrected chi connectivity index (χ2v) is 13.2. The fourth-order valence-electron chi connectivity index (χ4n) is 7.08. The number of aryl methyl sites for hydroxylation is 8. The first kappa shape index (κ1) is 32.7. The van der Waals surface area contributed by atoms with Crippen LogP contribution in [0.4, 0.5) is 0 Å². The van der Waals surface area contributed by atoms with Crippen LogP contribution in [0.2, 0.25) is 0 Å². The van der Waals surface area contributed by atoms with E-state index in [9.17, 15) is 0 Å². The maximum atomic E-state index is 3.87. The van der Waals surface area contributed by atoms with Gasteiger partial charge in [-0.15, -0.1) is 0 Å². The molecule has 1 aliphatic heterocycles. The van der Waals surface area contributed by atoms with Crippen molar-refractivity contribution in [1.29, 1.82) is 0 Å². The number of aromatic nitrogens is 5. The lowest BCUT2D eigenvalue weighted by molar-refractivity contribution is -0.377. The van der Waals surface area contributed by atoms with E-state index in [4.69, 9.17) is 0 Å². The summed E-state index contributed by atoms with van der Waals surface area (Å²) >= 11 is 0. The van der Waals surface area contributed by atoms with E-state index < -0.39 is 0 Å². The first-order valence-corrected chi connectivity index (χ1v) is 16.6. The van der Waals surface area contributed by atoms with Gasteiger partial charge in [-0.3, -0.25) is 0 Å². The Hall–Kier alpha value is -3.70. The maximum absolute atomic E-state index is 3.87. The van der Waals surface area contributed by atoms with E-state index in [2.05, 4.69) is 112 Å². The number of H-pyrrole nitrogens is 5. The predicted molar refractivity (Wildman–Crippen MR) is 189 cm³/mol. The van der Waals surface area contributed by atoms with E-state index in [0.717, 1.165) is 23.9 Å². The van der Waals surface area contributed by atoms with Crippen molar-refractivity contribution in [2.24, 2.45) is 0 Å². The van der Waals surface area contributed by atoms with Gasteiger partial charge in [0.05, 0.1) is 0 Å². The molecule has 0 aromatic carbocycles. The number of nitrogens with one attached hydrogen (secondary N) is 5. The molecule has 5 nitrogen and oxygen atoms in total. The van der Waals surface area contributed by atoms with Gasteiger partial charge in [-0.25, -0.2) is 4.98 Å². The molecule has 0 unspecified atom stereocenters. The molecule has 45 heavy (non-hydrogen) atoms. The quantitative estimate of drug-likeness (QED) is 0.151. The van der Waals surface area contributed by atoms with Crippen molar-refractivity contribution in [3.8, 4) is 0 Å². The SMILES string of the molecule is CCCCc1c(C)c2cc3[nH]c(c4[nH+]c(c5[nH]c(cc6[nH]c(cc1[nH]2)c(CCCC)c6C)c(C)c5C)C(C)=C4C)c(C)c3C.[Cl-]. The highest BCUT2D eigenvalue weighted by atomic mass is 35.5. The molecule has 0 radical (unpaired) electrons. The number of halogens is 1. The van der Waals surface area contributed by atoms with Gasteiger partial charge < -0.3 is 32.3 Å². The average Bonchev–Trinajstić information content (AvgIpc) is 3.72. The Morgan fingerprint density at radius 1 is 0.467 bits per heavy atom. The van der Waals surface area contributed by atoms with Crippen LogP contribution in [0.15, 0.2) is 18.2 Å². The number of allylic oxidation sites excluding steroid dienone is 2. The van der Waals surface area contributed by atoms with E-state index in [1.165, 1.54) is 126 Å². The van der Waals surface area contributed by atoms with Gasteiger partial charge in [0.25, 0.3) is 0 Å². The van der Waals surface area contributed by atoms with Crippen molar-refractivity contribution in [2.75, 3.05) is 0 Å². The topological polar surface area (TPSA) is 77.3 Å². The fourth-order valence-corrected chi connectivity index (χ4v) is 7.08. The normalized spacial score (nSPS) is 12.5. The monoisotopic (exact) mass is 623 g/mol. The predicted octanol–water partition coefficient (Wildman–Crippen LogP) is 7.48. The number of aromatic amines is 5. The number of rotatable bonds is 6. The molecule has 0 saturated carbocycles. The largest absolute Gasteiger partial charge is 1.00 e. The number of fused-ring (bicyclic) bond motifs is 12. The number of unbranched alkanes of at least 4 members (excludes halogenated alkanes) is 2. The van der Waals surface area contributed by atoms with E-state index in [-0.39, 0.29) is 12.4 Å². The fraction of sp³-hybridized carbons (Fsp3) is 0.410. The summed E-state index contributed by atoms with van der Waals surface area (Å²) in [6.45, 7) is 22.6. The second-order valence-electron chi connectivity index (χ2n) is 13.2. The Morgan fingerprint density at radius 3 is 1.20 bits per heavy atom. The minimum Gasteiger partial charge on any atom is -1.00 e. The van der Waals surface area contributed by atoms with Crippen LogP contribution >= 0.6 is 0 Å². The van der Waals surface area contributed by atoms with Gasteiger partial charge in [0.1, 0.15) is 11.0 Å². The van der Waals surface area contributed by atoms with Crippen LogP contribution in [0, 0.1) is 41.5 Å². The zero-order chi connectivity index (χ0) is 31.4. The number of hydrogen-bond acceptors (Lipinski definition) is 0. The van der Waals surface area contributed by atoms with Gasteiger partial charge >= 0.3 is 0 Å². The molecular weight excluding hydrogens is 574 g/mol. The van der Waals surface area contributed by atoms with Gasteiger partial charge in [-0.2, -0.15) is 0 Å². The molecule has 10 bridgehead atoms. The molecule has 0 saturated heterocycles. The molecule has 6 heteroatoms. The summed E-state index contributed by atoms with van der Waals surface area (Å²) in [6, 6.07) is 7.03. The molecule has 1 aliphatic rings. The Kier molecular flexibility index (Phi) is 9.15. The summed E-state index contributed by atoms with van der Waals surface area (Å²) in [6.07, 6.45) is 6.86. The van der Waals surface area contributed by atoms with E-state index in [0.29, 0.717) is 0 Å². The highest BCUT2D eigenvalue weighted by Gasteiger charge is 2.27. The molecule has 5 aromatic rings. The summed E-state index contributed by atoms with van der Waals surface area (Å²) in [5.41, 5.74) is 25.1. The molecule has 0 atom stereocenters. The van der Waals surface area contributed by atoms with Crippen molar-refractivity contribution in [3.05, 3.63) is 74.1 Å². The first-order valence-electron chi connectivity index (χ1n) is 16.6. The summed E-state index contributed by atoms with van der Waals surface area (Å²) in [7, 11) is 0.